The molecule has 0 saturated heterocycles. The van der Waals surface area contributed by atoms with Crippen molar-refractivity contribution in [1.82, 2.24) is 9.78 Å². The lowest BCUT2D eigenvalue weighted by Gasteiger charge is -2.19. The van der Waals surface area contributed by atoms with Crippen LogP contribution in [0.4, 0.5) is 0 Å². The van der Waals surface area contributed by atoms with E-state index in [0.29, 0.717) is 5.92 Å². The molecular formula is C18H23N3. The van der Waals surface area contributed by atoms with Crippen LogP contribution in [0.15, 0.2) is 24.3 Å². The molecule has 2 unspecified atom stereocenters. The number of hydrogen-bond acceptors (Lipinski definition) is 2. The van der Waals surface area contributed by atoms with E-state index < -0.39 is 0 Å². The highest BCUT2D eigenvalue weighted by Crippen LogP contribution is 2.45. The van der Waals surface area contributed by atoms with Crippen molar-refractivity contribution < 1.29 is 0 Å². The van der Waals surface area contributed by atoms with Crippen molar-refractivity contribution in [2.75, 3.05) is 0 Å². The summed E-state index contributed by atoms with van der Waals surface area (Å²) in [6.45, 7) is 5.23. The second-order valence-corrected chi connectivity index (χ2v) is 6.37. The molecule has 1 heterocycles. The highest BCUT2D eigenvalue weighted by Gasteiger charge is 2.39. The number of hydrogen-bond donors (Lipinski definition) is 0. The number of nitrogens with zero attached hydrogens (tertiary/aromatic N) is 3. The van der Waals surface area contributed by atoms with Crippen LogP contribution in [0.5, 0.6) is 0 Å². The Bertz CT molecular complexity index is 679. The number of rotatable bonds is 4. The van der Waals surface area contributed by atoms with Crippen molar-refractivity contribution in [3.05, 3.63) is 30.0 Å². The van der Waals surface area contributed by atoms with Crippen LogP contribution in [0.2, 0.25) is 0 Å². The van der Waals surface area contributed by atoms with Crippen LogP contribution in [0.1, 0.15) is 45.2 Å². The molecule has 1 aliphatic rings. The van der Waals surface area contributed by atoms with E-state index in [2.05, 4.69) is 48.9 Å². The Labute approximate surface area is 126 Å². The van der Waals surface area contributed by atoms with Crippen molar-refractivity contribution in [3.8, 4) is 6.07 Å². The molecule has 3 rings (SSSR count). The first-order valence-electron chi connectivity index (χ1n) is 8.07. The molecule has 2 aromatic rings. The summed E-state index contributed by atoms with van der Waals surface area (Å²) in [4.78, 5) is 0. The molecular weight excluding hydrogens is 258 g/mol. The summed E-state index contributed by atoms with van der Waals surface area (Å²) in [5.74, 6) is 0.712. The van der Waals surface area contributed by atoms with E-state index in [4.69, 9.17) is 5.10 Å². The van der Waals surface area contributed by atoms with Crippen molar-refractivity contribution in [3.63, 3.8) is 0 Å². The van der Waals surface area contributed by atoms with E-state index in [1.165, 1.54) is 23.7 Å². The van der Waals surface area contributed by atoms with Crippen molar-refractivity contribution in [2.24, 2.45) is 11.3 Å². The largest absolute Gasteiger partial charge is 0.265 e. The average molecular weight is 281 g/mol. The minimum atomic E-state index is -0.198. The number of para-hydroxylation sites is 1. The summed E-state index contributed by atoms with van der Waals surface area (Å²) >= 11 is 0. The first kappa shape index (κ1) is 14.1. The summed E-state index contributed by atoms with van der Waals surface area (Å²) < 4.78 is 2.06. The fourth-order valence-corrected chi connectivity index (χ4v) is 3.78. The van der Waals surface area contributed by atoms with Gasteiger partial charge in [-0.15, -0.1) is 0 Å². The highest BCUT2D eigenvalue weighted by molar-refractivity contribution is 5.82. The number of aromatic nitrogens is 2. The van der Waals surface area contributed by atoms with Gasteiger partial charge in [0, 0.05) is 18.4 Å². The predicted octanol–water partition coefficient (Wildman–Crippen LogP) is 4.32. The molecule has 0 aliphatic heterocycles. The van der Waals surface area contributed by atoms with E-state index in [0.717, 1.165) is 31.5 Å². The molecule has 3 nitrogen and oxygen atoms in total. The van der Waals surface area contributed by atoms with Crippen LogP contribution in [-0.2, 0) is 13.0 Å². The second-order valence-electron chi connectivity index (χ2n) is 6.37. The molecule has 1 aromatic heterocycles. The van der Waals surface area contributed by atoms with Crippen molar-refractivity contribution in [2.45, 2.75) is 52.5 Å². The lowest BCUT2D eigenvalue weighted by molar-refractivity contribution is 0.376. The van der Waals surface area contributed by atoms with E-state index in [1.807, 2.05) is 0 Å². The second kappa shape index (κ2) is 5.52. The molecule has 1 aromatic carbocycles. The van der Waals surface area contributed by atoms with Crippen LogP contribution in [-0.4, -0.2) is 9.78 Å². The van der Waals surface area contributed by atoms with Gasteiger partial charge < -0.3 is 0 Å². The third-order valence-electron chi connectivity index (χ3n) is 5.06. The Morgan fingerprint density at radius 3 is 2.86 bits per heavy atom. The molecule has 0 amide bonds. The summed E-state index contributed by atoms with van der Waals surface area (Å²) in [6, 6.07) is 11.0. The monoisotopic (exact) mass is 281 g/mol. The van der Waals surface area contributed by atoms with Gasteiger partial charge in [-0.05, 0) is 38.2 Å². The molecule has 2 atom stereocenters. The standard InChI is InChI=1S/C18H23N3/c1-3-14-9-10-18(11-14,13-19)12-16-15-7-5-6-8-17(15)21(4-2)20-16/h5-8,14H,3-4,9-12H2,1-2H3. The Balaban J connectivity index is 1.96. The maximum Gasteiger partial charge on any atom is 0.0719 e. The minimum absolute atomic E-state index is 0.198. The Kier molecular flexibility index (Phi) is 3.71. The van der Waals surface area contributed by atoms with Crippen molar-refractivity contribution >= 4 is 10.9 Å². The first-order chi connectivity index (χ1) is 10.2. The zero-order valence-corrected chi connectivity index (χ0v) is 13.0. The molecule has 1 fully saturated rings. The van der Waals surface area contributed by atoms with Gasteiger partial charge in [0.15, 0.2) is 0 Å². The fourth-order valence-electron chi connectivity index (χ4n) is 3.78. The average Bonchev–Trinajstić information content (AvgIpc) is 3.10. The minimum Gasteiger partial charge on any atom is -0.265 e. The maximum absolute atomic E-state index is 9.74. The normalized spacial score (nSPS) is 25.3. The summed E-state index contributed by atoms with van der Waals surface area (Å²) in [5.41, 5.74) is 2.09. The molecule has 1 saturated carbocycles. The van der Waals surface area contributed by atoms with Gasteiger partial charge in [-0.1, -0.05) is 31.5 Å². The van der Waals surface area contributed by atoms with Gasteiger partial charge in [0.2, 0.25) is 0 Å². The summed E-state index contributed by atoms with van der Waals surface area (Å²) in [7, 11) is 0. The van der Waals surface area contributed by atoms with Crippen LogP contribution in [0.25, 0.3) is 10.9 Å². The summed E-state index contributed by atoms with van der Waals surface area (Å²) in [6.07, 6.45) is 5.24. The zero-order chi connectivity index (χ0) is 14.9. The molecule has 110 valence electrons. The van der Waals surface area contributed by atoms with Gasteiger partial charge in [0.25, 0.3) is 0 Å². The zero-order valence-electron chi connectivity index (χ0n) is 13.0. The van der Waals surface area contributed by atoms with E-state index in [-0.39, 0.29) is 5.41 Å². The lowest BCUT2D eigenvalue weighted by atomic mass is 9.81. The van der Waals surface area contributed by atoms with Gasteiger partial charge in [-0.3, -0.25) is 4.68 Å². The third-order valence-corrected chi connectivity index (χ3v) is 5.06. The quantitative estimate of drug-likeness (QED) is 0.837. The van der Waals surface area contributed by atoms with E-state index in [9.17, 15) is 5.26 Å². The molecule has 0 spiro atoms. The molecule has 1 aliphatic carbocycles. The van der Waals surface area contributed by atoms with Gasteiger partial charge in [-0.2, -0.15) is 10.4 Å². The van der Waals surface area contributed by atoms with Gasteiger partial charge >= 0.3 is 0 Å². The van der Waals surface area contributed by atoms with E-state index in [1.54, 1.807) is 0 Å². The number of benzene rings is 1. The predicted molar refractivity (Wildman–Crippen MR) is 84.8 cm³/mol. The summed E-state index contributed by atoms with van der Waals surface area (Å²) in [5, 5.41) is 15.7. The number of aryl methyl sites for hydroxylation is 1. The van der Waals surface area contributed by atoms with Crippen LogP contribution < -0.4 is 0 Å². The Morgan fingerprint density at radius 2 is 2.19 bits per heavy atom. The number of nitriles is 1. The van der Waals surface area contributed by atoms with Crippen molar-refractivity contribution in [1.29, 1.82) is 5.26 Å². The van der Waals surface area contributed by atoms with Crippen LogP contribution in [0.3, 0.4) is 0 Å². The molecule has 0 bridgehead atoms. The molecule has 0 radical (unpaired) electrons. The Morgan fingerprint density at radius 1 is 1.38 bits per heavy atom. The molecule has 0 N–H and O–H groups in total. The molecule has 21 heavy (non-hydrogen) atoms. The SMILES string of the molecule is CCC1CCC(C#N)(Cc2nn(CC)c3ccccc23)C1. The lowest BCUT2D eigenvalue weighted by Crippen LogP contribution is -2.18. The van der Waals surface area contributed by atoms with Gasteiger partial charge in [0.1, 0.15) is 0 Å². The topological polar surface area (TPSA) is 41.6 Å². The Hall–Kier alpha value is -1.82. The number of fused-ring (bicyclic) bond motifs is 1. The van der Waals surface area contributed by atoms with Crippen LogP contribution >= 0.6 is 0 Å². The smallest absolute Gasteiger partial charge is 0.0719 e. The third kappa shape index (κ3) is 2.44. The first-order valence-corrected chi connectivity index (χ1v) is 8.07. The van der Waals surface area contributed by atoms with Crippen LogP contribution in [0, 0.1) is 22.7 Å². The molecule has 3 heteroatoms. The van der Waals surface area contributed by atoms with E-state index >= 15 is 0 Å². The highest BCUT2D eigenvalue weighted by atomic mass is 15.3. The van der Waals surface area contributed by atoms with Gasteiger partial charge in [0.05, 0.1) is 22.7 Å². The van der Waals surface area contributed by atoms with Gasteiger partial charge in [-0.25, -0.2) is 0 Å². The fraction of sp³-hybridized carbons (Fsp3) is 0.556. The maximum atomic E-state index is 9.74.